The summed E-state index contributed by atoms with van der Waals surface area (Å²) in [5, 5.41) is 4.45. The van der Waals surface area contributed by atoms with Crippen LogP contribution in [-0.2, 0) is 11.8 Å². The third kappa shape index (κ3) is 3.72. The highest BCUT2D eigenvalue weighted by atomic mass is 16.6. The van der Waals surface area contributed by atoms with E-state index in [0.717, 1.165) is 31.6 Å². The van der Waals surface area contributed by atoms with E-state index in [4.69, 9.17) is 4.74 Å². The van der Waals surface area contributed by atoms with E-state index in [0.29, 0.717) is 5.92 Å². The van der Waals surface area contributed by atoms with Crippen LogP contribution in [-0.4, -0.2) is 39.5 Å². The van der Waals surface area contributed by atoms with Crippen molar-refractivity contribution in [1.29, 1.82) is 0 Å². The van der Waals surface area contributed by atoms with E-state index in [1.807, 2.05) is 38.7 Å². The standard InChI is InChI=1S/C14H23N3O2/c1-14(2,3)19-13(18)17-9-5-11(6-10-17)12-7-8-16(4)15-12/h7-8,11H,5-6,9-10H2,1-4H3. The van der Waals surface area contributed by atoms with Gasteiger partial charge in [0.05, 0.1) is 5.69 Å². The van der Waals surface area contributed by atoms with E-state index in [2.05, 4.69) is 11.2 Å². The number of likely N-dealkylation sites (tertiary alicyclic amines) is 1. The maximum atomic E-state index is 11.9. The van der Waals surface area contributed by atoms with Crippen molar-refractivity contribution in [3.8, 4) is 0 Å². The molecule has 0 N–H and O–H groups in total. The van der Waals surface area contributed by atoms with Gasteiger partial charge in [0.2, 0.25) is 0 Å². The highest BCUT2D eigenvalue weighted by molar-refractivity contribution is 5.68. The summed E-state index contributed by atoms with van der Waals surface area (Å²) in [6, 6.07) is 2.06. The molecule has 1 aliphatic rings. The Morgan fingerprint density at radius 3 is 2.47 bits per heavy atom. The van der Waals surface area contributed by atoms with Crippen molar-refractivity contribution >= 4 is 6.09 Å². The van der Waals surface area contributed by atoms with Crippen LogP contribution in [0, 0.1) is 0 Å². The van der Waals surface area contributed by atoms with E-state index in [1.165, 1.54) is 0 Å². The Hall–Kier alpha value is -1.52. The molecule has 5 nitrogen and oxygen atoms in total. The Kier molecular flexibility index (Phi) is 3.83. The van der Waals surface area contributed by atoms with Gasteiger partial charge < -0.3 is 9.64 Å². The predicted molar refractivity (Wildman–Crippen MR) is 73.0 cm³/mol. The number of nitrogens with zero attached hydrogens (tertiary/aromatic N) is 3. The first kappa shape index (κ1) is 13.9. The first-order chi connectivity index (χ1) is 8.85. The van der Waals surface area contributed by atoms with Gasteiger partial charge in [-0.3, -0.25) is 4.68 Å². The first-order valence-electron chi connectivity index (χ1n) is 6.82. The SMILES string of the molecule is Cn1ccc(C2CCN(C(=O)OC(C)(C)C)CC2)n1. The number of piperidine rings is 1. The monoisotopic (exact) mass is 265 g/mol. The molecule has 0 saturated carbocycles. The fourth-order valence-electron chi connectivity index (χ4n) is 2.34. The molecule has 1 fully saturated rings. The van der Waals surface area contributed by atoms with Gasteiger partial charge in [-0.25, -0.2) is 4.79 Å². The number of hydrogen-bond donors (Lipinski definition) is 0. The second-order valence-corrected chi connectivity index (χ2v) is 6.16. The molecule has 0 aromatic carbocycles. The summed E-state index contributed by atoms with van der Waals surface area (Å²) < 4.78 is 7.22. The molecule has 0 spiro atoms. The molecule has 1 aromatic rings. The predicted octanol–water partition coefficient (Wildman–Crippen LogP) is 2.53. The van der Waals surface area contributed by atoms with Crippen molar-refractivity contribution in [3.63, 3.8) is 0 Å². The van der Waals surface area contributed by atoms with Crippen molar-refractivity contribution < 1.29 is 9.53 Å². The summed E-state index contributed by atoms with van der Waals surface area (Å²) >= 11 is 0. The summed E-state index contributed by atoms with van der Waals surface area (Å²) in [6.07, 6.45) is 3.68. The van der Waals surface area contributed by atoms with Gasteiger partial charge in [-0.15, -0.1) is 0 Å². The molecule has 0 aliphatic carbocycles. The van der Waals surface area contributed by atoms with Crippen LogP contribution in [0.15, 0.2) is 12.3 Å². The molecule has 1 saturated heterocycles. The molecule has 19 heavy (non-hydrogen) atoms. The van der Waals surface area contributed by atoms with Gasteiger partial charge in [0.1, 0.15) is 5.60 Å². The van der Waals surface area contributed by atoms with Crippen molar-refractivity contribution in [2.75, 3.05) is 13.1 Å². The van der Waals surface area contributed by atoms with Crippen molar-refractivity contribution in [2.45, 2.75) is 45.1 Å². The topological polar surface area (TPSA) is 47.4 Å². The number of aromatic nitrogens is 2. The van der Waals surface area contributed by atoms with Crippen molar-refractivity contribution in [2.24, 2.45) is 7.05 Å². The lowest BCUT2D eigenvalue weighted by molar-refractivity contribution is 0.0204. The number of amides is 1. The molecule has 0 bridgehead atoms. The van der Waals surface area contributed by atoms with Crippen LogP contribution in [0.25, 0.3) is 0 Å². The molecule has 0 atom stereocenters. The second kappa shape index (κ2) is 5.23. The first-order valence-corrected chi connectivity index (χ1v) is 6.82. The molecule has 2 heterocycles. The number of aryl methyl sites for hydroxylation is 1. The fraction of sp³-hybridized carbons (Fsp3) is 0.714. The molecule has 106 valence electrons. The maximum Gasteiger partial charge on any atom is 0.410 e. The average Bonchev–Trinajstić information content (AvgIpc) is 2.74. The lowest BCUT2D eigenvalue weighted by atomic mass is 9.94. The number of rotatable bonds is 1. The van der Waals surface area contributed by atoms with Crippen LogP contribution in [0.3, 0.4) is 0 Å². The maximum absolute atomic E-state index is 11.9. The zero-order valence-electron chi connectivity index (χ0n) is 12.2. The molecule has 1 aliphatic heterocycles. The highest BCUT2D eigenvalue weighted by Gasteiger charge is 2.28. The van der Waals surface area contributed by atoms with Crippen LogP contribution in [0.1, 0.15) is 45.2 Å². The van der Waals surface area contributed by atoms with Gasteiger partial charge in [0.15, 0.2) is 0 Å². The summed E-state index contributed by atoms with van der Waals surface area (Å²) in [5.74, 6) is 0.458. The lowest BCUT2D eigenvalue weighted by Crippen LogP contribution is -2.41. The Labute approximate surface area is 114 Å². The van der Waals surface area contributed by atoms with Gasteiger partial charge in [0, 0.05) is 32.3 Å². The number of ether oxygens (including phenoxy) is 1. The molecule has 1 aromatic heterocycles. The average molecular weight is 265 g/mol. The van der Waals surface area contributed by atoms with Crippen LogP contribution < -0.4 is 0 Å². The second-order valence-electron chi connectivity index (χ2n) is 6.16. The minimum atomic E-state index is -0.422. The molecule has 2 rings (SSSR count). The van der Waals surface area contributed by atoms with Gasteiger partial charge in [0.25, 0.3) is 0 Å². The fourth-order valence-corrected chi connectivity index (χ4v) is 2.34. The summed E-state index contributed by atoms with van der Waals surface area (Å²) in [6.45, 7) is 7.18. The third-order valence-electron chi connectivity index (χ3n) is 3.30. The number of carbonyl (C=O) groups is 1. The molecule has 0 radical (unpaired) electrons. The van der Waals surface area contributed by atoms with Gasteiger partial charge >= 0.3 is 6.09 Å². The molecule has 0 unspecified atom stereocenters. The van der Waals surface area contributed by atoms with E-state index in [1.54, 1.807) is 4.90 Å². The molecule has 5 heteroatoms. The number of hydrogen-bond acceptors (Lipinski definition) is 3. The van der Waals surface area contributed by atoms with Gasteiger partial charge in [-0.1, -0.05) is 0 Å². The molecular weight excluding hydrogens is 242 g/mol. The highest BCUT2D eigenvalue weighted by Crippen LogP contribution is 2.27. The Bertz CT molecular complexity index is 440. The van der Waals surface area contributed by atoms with E-state index in [9.17, 15) is 4.79 Å². The van der Waals surface area contributed by atoms with Gasteiger partial charge in [-0.2, -0.15) is 5.10 Å². The minimum absolute atomic E-state index is 0.202. The minimum Gasteiger partial charge on any atom is -0.444 e. The number of carbonyl (C=O) groups excluding carboxylic acids is 1. The van der Waals surface area contributed by atoms with E-state index < -0.39 is 5.60 Å². The van der Waals surface area contributed by atoms with E-state index in [-0.39, 0.29) is 6.09 Å². The zero-order chi connectivity index (χ0) is 14.0. The smallest absolute Gasteiger partial charge is 0.410 e. The Balaban J connectivity index is 1.87. The van der Waals surface area contributed by atoms with Crippen molar-refractivity contribution in [1.82, 2.24) is 14.7 Å². The van der Waals surface area contributed by atoms with Crippen LogP contribution in [0.2, 0.25) is 0 Å². The normalized spacial score (nSPS) is 17.6. The van der Waals surface area contributed by atoms with Crippen molar-refractivity contribution in [3.05, 3.63) is 18.0 Å². The lowest BCUT2D eigenvalue weighted by Gasteiger charge is -2.32. The quantitative estimate of drug-likeness (QED) is 0.784. The zero-order valence-corrected chi connectivity index (χ0v) is 12.2. The molecular formula is C14H23N3O2. The van der Waals surface area contributed by atoms with Crippen LogP contribution in [0.4, 0.5) is 4.79 Å². The Morgan fingerprint density at radius 1 is 1.37 bits per heavy atom. The third-order valence-corrected chi connectivity index (χ3v) is 3.30. The van der Waals surface area contributed by atoms with Crippen LogP contribution in [0.5, 0.6) is 0 Å². The largest absolute Gasteiger partial charge is 0.444 e. The molecule has 1 amide bonds. The Morgan fingerprint density at radius 2 is 2.00 bits per heavy atom. The van der Waals surface area contributed by atoms with E-state index >= 15 is 0 Å². The van der Waals surface area contributed by atoms with Crippen LogP contribution >= 0.6 is 0 Å². The van der Waals surface area contributed by atoms with Gasteiger partial charge in [-0.05, 0) is 39.7 Å². The summed E-state index contributed by atoms with van der Waals surface area (Å²) in [7, 11) is 1.93. The summed E-state index contributed by atoms with van der Waals surface area (Å²) in [4.78, 5) is 13.7. The summed E-state index contributed by atoms with van der Waals surface area (Å²) in [5.41, 5.74) is 0.709.